The molecule has 0 atom stereocenters. The van der Waals surface area contributed by atoms with Crippen molar-refractivity contribution in [2.75, 3.05) is 5.32 Å². The largest absolute Gasteiger partial charge is 0.507 e. The number of hydrogen-bond acceptors (Lipinski definition) is 4. The van der Waals surface area contributed by atoms with E-state index in [0.29, 0.717) is 11.3 Å². The number of nitrogens with one attached hydrogen (secondary N) is 1. The van der Waals surface area contributed by atoms with Crippen molar-refractivity contribution in [3.05, 3.63) is 82.2 Å². The molecule has 2 aromatic carbocycles. The maximum atomic E-state index is 12.3. The fraction of sp³-hybridized carbons (Fsp3) is 0.0526. The molecule has 1 amide bonds. The first-order valence-electron chi connectivity index (χ1n) is 7.35. The summed E-state index contributed by atoms with van der Waals surface area (Å²) in [6.07, 6.45) is 0. The summed E-state index contributed by atoms with van der Waals surface area (Å²) < 4.78 is 5.18. The fourth-order valence-corrected chi connectivity index (χ4v) is 2.27. The third-order valence-electron chi connectivity index (χ3n) is 3.53. The summed E-state index contributed by atoms with van der Waals surface area (Å²) in [5.41, 5.74) is 0.892. The summed E-state index contributed by atoms with van der Waals surface area (Å²) in [6.45, 7) is 1.92. The molecule has 3 aromatic rings. The van der Waals surface area contributed by atoms with E-state index in [9.17, 15) is 14.7 Å². The van der Waals surface area contributed by atoms with Crippen LogP contribution >= 0.6 is 0 Å². The Hall–Kier alpha value is -3.34. The Bertz CT molecular complexity index is 928. The topological polar surface area (TPSA) is 79.5 Å². The van der Waals surface area contributed by atoms with Gasteiger partial charge in [-0.1, -0.05) is 48.0 Å². The van der Waals surface area contributed by atoms with Gasteiger partial charge in [-0.3, -0.25) is 4.79 Å². The standard InChI is InChI=1S/C19H15NO4/c1-12-7-9-14(10-8-12)20-18(22)17-15(21)11-16(24-19(17)23)13-5-3-2-4-6-13/h2-11,21H,1H3,(H,20,22). The van der Waals surface area contributed by atoms with Gasteiger partial charge in [-0.05, 0) is 19.1 Å². The lowest BCUT2D eigenvalue weighted by Crippen LogP contribution is -2.21. The van der Waals surface area contributed by atoms with Crippen LogP contribution < -0.4 is 10.9 Å². The molecule has 1 heterocycles. The zero-order valence-electron chi connectivity index (χ0n) is 12.9. The molecule has 120 valence electrons. The van der Waals surface area contributed by atoms with E-state index < -0.39 is 22.8 Å². The number of anilines is 1. The minimum absolute atomic E-state index is 0.199. The number of benzene rings is 2. The molecule has 0 unspecified atom stereocenters. The molecule has 0 spiro atoms. The van der Waals surface area contributed by atoms with E-state index in [1.807, 2.05) is 25.1 Å². The molecule has 2 N–H and O–H groups in total. The molecular formula is C19H15NO4. The van der Waals surface area contributed by atoms with Gasteiger partial charge in [0.05, 0.1) is 0 Å². The number of hydrogen-bond donors (Lipinski definition) is 2. The van der Waals surface area contributed by atoms with Crippen LogP contribution in [0.2, 0.25) is 0 Å². The van der Waals surface area contributed by atoms with Gasteiger partial charge in [0.25, 0.3) is 5.91 Å². The SMILES string of the molecule is Cc1ccc(NC(=O)c2c(O)cc(-c3ccccc3)oc2=O)cc1. The van der Waals surface area contributed by atoms with E-state index in [0.717, 1.165) is 5.56 Å². The van der Waals surface area contributed by atoms with Crippen LogP contribution in [-0.4, -0.2) is 11.0 Å². The summed E-state index contributed by atoms with van der Waals surface area (Å²) in [4.78, 5) is 24.4. The van der Waals surface area contributed by atoms with Crippen molar-refractivity contribution in [2.45, 2.75) is 6.92 Å². The van der Waals surface area contributed by atoms with Gasteiger partial charge in [0.15, 0.2) is 5.56 Å². The molecule has 0 saturated heterocycles. The van der Waals surface area contributed by atoms with Gasteiger partial charge in [-0.2, -0.15) is 0 Å². The van der Waals surface area contributed by atoms with Crippen LogP contribution in [-0.2, 0) is 0 Å². The van der Waals surface area contributed by atoms with Crippen LogP contribution in [0, 0.1) is 6.92 Å². The molecule has 0 aliphatic carbocycles. The normalized spacial score (nSPS) is 10.4. The predicted molar refractivity (Wildman–Crippen MR) is 91.2 cm³/mol. The highest BCUT2D eigenvalue weighted by molar-refractivity contribution is 6.05. The van der Waals surface area contributed by atoms with Crippen LogP contribution in [0.1, 0.15) is 15.9 Å². The quantitative estimate of drug-likeness (QED) is 0.773. The molecule has 0 radical (unpaired) electrons. The Morgan fingerprint density at radius 1 is 1.04 bits per heavy atom. The van der Waals surface area contributed by atoms with Crippen molar-refractivity contribution in [3.63, 3.8) is 0 Å². The zero-order valence-corrected chi connectivity index (χ0v) is 12.9. The molecule has 5 nitrogen and oxygen atoms in total. The van der Waals surface area contributed by atoms with E-state index in [1.165, 1.54) is 6.07 Å². The lowest BCUT2D eigenvalue weighted by atomic mass is 10.1. The minimum Gasteiger partial charge on any atom is -0.507 e. The number of rotatable bonds is 3. The molecule has 0 saturated carbocycles. The minimum atomic E-state index is -0.890. The van der Waals surface area contributed by atoms with E-state index in [2.05, 4.69) is 5.32 Å². The second-order valence-electron chi connectivity index (χ2n) is 5.34. The van der Waals surface area contributed by atoms with Gasteiger partial charge in [-0.25, -0.2) is 4.79 Å². The molecule has 5 heteroatoms. The van der Waals surface area contributed by atoms with Crippen molar-refractivity contribution >= 4 is 11.6 Å². The Morgan fingerprint density at radius 3 is 2.33 bits per heavy atom. The van der Waals surface area contributed by atoms with Gasteiger partial charge >= 0.3 is 5.63 Å². The summed E-state index contributed by atoms with van der Waals surface area (Å²) in [5.74, 6) is -0.940. The molecule has 0 fully saturated rings. The van der Waals surface area contributed by atoms with Crippen LogP contribution in [0.25, 0.3) is 11.3 Å². The van der Waals surface area contributed by atoms with Gasteiger partial charge in [0.1, 0.15) is 11.5 Å². The predicted octanol–water partition coefficient (Wildman–Crippen LogP) is 3.57. The summed E-state index contributed by atoms with van der Waals surface area (Å²) in [6, 6.07) is 17.2. The van der Waals surface area contributed by atoms with Crippen LogP contribution in [0.3, 0.4) is 0 Å². The van der Waals surface area contributed by atoms with Crippen molar-refractivity contribution in [2.24, 2.45) is 0 Å². The molecule has 3 rings (SSSR count). The first-order valence-corrected chi connectivity index (χ1v) is 7.35. The Kier molecular flexibility index (Phi) is 4.16. The monoisotopic (exact) mass is 321 g/mol. The third-order valence-corrected chi connectivity index (χ3v) is 3.53. The number of aromatic hydroxyl groups is 1. The molecule has 0 aliphatic heterocycles. The summed E-state index contributed by atoms with van der Waals surface area (Å²) in [5, 5.41) is 12.7. The molecule has 1 aromatic heterocycles. The van der Waals surface area contributed by atoms with E-state index in [-0.39, 0.29) is 5.76 Å². The van der Waals surface area contributed by atoms with Gasteiger partial charge < -0.3 is 14.8 Å². The highest BCUT2D eigenvalue weighted by Crippen LogP contribution is 2.24. The van der Waals surface area contributed by atoms with Crippen molar-refractivity contribution in [1.29, 1.82) is 0 Å². The van der Waals surface area contributed by atoms with E-state index >= 15 is 0 Å². The van der Waals surface area contributed by atoms with Crippen LogP contribution in [0.4, 0.5) is 5.69 Å². The summed E-state index contributed by atoms with van der Waals surface area (Å²) in [7, 11) is 0. The van der Waals surface area contributed by atoms with Crippen LogP contribution in [0.5, 0.6) is 5.75 Å². The van der Waals surface area contributed by atoms with E-state index in [4.69, 9.17) is 4.42 Å². The average Bonchev–Trinajstić information content (AvgIpc) is 2.57. The Balaban J connectivity index is 1.92. The van der Waals surface area contributed by atoms with Gasteiger partial charge in [0.2, 0.25) is 0 Å². The number of carbonyl (C=O) groups excluding carboxylic acids is 1. The highest BCUT2D eigenvalue weighted by atomic mass is 16.4. The van der Waals surface area contributed by atoms with E-state index in [1.54, 1.807) is 36.4 Å². The summed E-state index contributed by atoms with van der Waals surface area (Å²) >= 11 is 0. The Labute approximate surface area is 138 Å². The smallest absolute Gasteiger partial charge is 0.353 e. The lowest BCUT2D eigenvalue weighted by Gasteiger charge is -2.07. The molecule has 0 bridgehead atoms. The maximum Gasteiger partial charge on any atom is 0.353 e. The second kappa shape index (κ2) is 6.42. The number of aryl methyl sites for hydroxylation is 1. The zero-order chi connectivity index (χ0) is 17.1. The third kappa shape index (κ3) is 3.20. The van der Waals surface area contributed by atoms with Crippen molar-refractivity contribution in [1.82, 2.24) is 0 Å². The lowest BCUT2D eigenvalue weighted by molar-refractivity contribution is 0.102. The van der Waals surface area contributed by atoms with Gasteiger partial charge in [-0.15, -0.1) is 0 Å². The van der Waals surface area contributed by atoms with Gasteiger partial charge in [0, 0.05) is 17.3 Å². The number of amides is 1. The first kappa shape index (κ1) is 15.6. The molecule has 24 heavy (non-hydrogen) atoms. The second-order valence-corrected chi connectivity index (χ2v) is 5.34. The fourth-order valence-electron chi connectivity index (χ4n) is 2.27. The molecular weight excluding hydrogens is 306 g/mol. The van der Waals surface area contributed by atoms with Crippen molar-refractivity contribution in [3.8, 4) is 17.1 Å². The van der Waals surface area contributed by atoms with Crippen LogP contribution in [0.15, 0.2) is 69.9 Å². The first-order chi connectivity index (χ1) is 11.5. The Morgan fingerprint density at radius 2 is 1.71 bits per heavy atom. The number of carbonyl (C=O) groups is 1. The molecule has 0 aliphatic rings. The maximum absolute atomic E-state index is 12.3. The average molecular weight is 321 g/mol. The van der Waals surface area contributed by atoms with Crippen molar-refractivity contribution < 1.29 is 14.3 Å². The highest BCUT2D eigenvalue weighted by Gasteiger charge is 2.19.